The van der Waals surface area contributed by atoms with Crippen LogP contribution in [0.4, 0.5) is 15.1 Å². The van der Waals surface area contributed by atoms with Crippen molar-refractivity contribution in [3.63, 3.8) is 0 Å². The number of aliphatic carboxylic acids is 1. The average molecular weight is 506 g/mol. The summed E-state index contributed by atoms with van der Waals surface area (Å²) in [6.07, 6.45) is 0.450. The molecule has 1 aliphatic heterocycles. The summed E-state index contributed by atoms with van der Waals surface area (Å²) >= 11 is 6.23. The molecule has 1 aromatic heterocycles. The Labute approximate surface area is 205 Å². The maximum atomic E-state index is 14.2. The van der Waals surface area contributed by atoms with Gasteiger partial charge in [-0.25, -0.2) is 14.2 Å². The molecule has 1 amide bonds. The van der Waals surface area contributed by atoms with E-state index in [1.54, 1.807) is 31.7 Å². The van der Waals surface area contributed by atoms with E-state index in [0.29, 0.717) is 25.9 Å². The predicted molar refractivity (Wildman–Crippen MR) is 126 cm³/mol. The van der Waals surface area contributed by atoms with Gasteiger partial charge in [0.1, 0.15) is 29.1 Å². The van der Waals surface area contributed by atoms with Gasteiger partial charge >= 0.3 is 12.1 Å². The van der Waals surface area contributed by atoms with Gasteiger partial charge in [-0.05, 0) is 45.7 Å². The summed E-state index contributed by atoms with van der Waals surface area (Å²) in [5, 5.41) is 20.7. The molecule has 0 spiro atoms. The molecule has 0 aliphatic carbocycles. The third-order valence-electron chi connectivity index (χ3n) is 5.25. The minimum atomic E-state index is -1.26. The fourth-order valence-electron chi connectivity index (χ4n) is 3.68. The SMILES string of the molecule is CC(C)(C)OC(=O)NC1CCN(c2nc(-c3ccc(C#N)c(F)c3)c(Cl)c(=O)n2CC(=O)O)CC1. The van der Waals surface area contributed by atoms with Crippen LogP contribution in [-0.2, 0) is 16.1 Å². The zero-order valence-corrected chi connectivity index (χ0v) is 20.2. The average Bonchev–Trinajstić information content (AvgIpc) is 2.76. The summed E-state index contributed by atoms with van der Waals surface area (Å²) in [5.41, 5.74) is -1.44. The van der Waals surface area contributed by atoms with Crippen LogP contribution in [0.1, 0.15) is 39.2 Å². The molecule has 1 fully saturated rings. The fourth-order valence-corrected chi connectivity index (χ4v) is 3.94. The number of carbonyl (C=O) groups is 2. The number of carbonyl (C=O) groups excluding carboxylic acids is 1. The molecule has 186 valence electrons. The second-order valence-electron chi connectivity index (χ2n) is 9.07. The Kier molecular flexibility index (Phi) is 7.65. The zero-order chi connectivity index (χ0) is 25.9. The minimum Gasteiger partial charge on any atom is -0.480 e. The number of halogens is 2. The van der Waals surface area contributed by atoms with Crippen molar-refractivity contribution in [3.8, 4) is 17.3 Å². The van der Waals surface area contributed by atoms with Crippen LogP contribution >= 0.6 is 11.6 Å². The van der Waals surface area contributed by atoms with Gasteiger partial charge in [0.05, 0.1) is 11.3 Å². The Morgan fingerprint density at radius 1 is 1.34 bits per heavy atom. The maximum absolute atomic E-state index is 14.2. The number of piperidine rings is 1. The normalized spacial score (nSPS) is 14.3. The number of nitrogens with zero attached hydrogens (tertiary/aromatic N) is 4. The molecule has 0 unspecified atom stereocenters. The number of hydrogen-bond donors (Lipinski definition) is 2. The van der Waals surface area contributed by atoms with E-state index in [4.69, 9.17) is 21.6 Å². The number of amides is 1. The molecule has 1 aromatic carbocycles. The Balaban J connectivity index is 1.92. The van der Waals surface area contributed by atoms with E-state index in [9.17, 15) is 23.9 Å². The molecular formula is C23H25ClFN5O5. The van der Waals surface area contributed by atoms with Gasteiger partial charge in [0, 0.05) is 24.7 Å². The first kappa shape index (κ1) is 26.0. The van der Waals surface area contributed by atoms with Crippen molar-refractivity contribution >= 4 is 29.6 Å². The molecule has 0 bridgehead atoms. The smallest absolute Gasteiger partial charge is 0.407 e. The van der Waals surface area contributed by atoms with E-state index in [1.165, 1.54) is 12.1 Å². The van der Waals surface area contributed by atoms with Crippen molar-refractivity contribution in [3.05, 3.63) is 45.0 Å². The third-order valence-corrected chi connectivity index (χ3v) is 5.59. The molecule has 10 nitrogen and oxygen atoms in total. The Morgan fingerprint density at radius 2 is 2.00 bits per heavy atom. The topological polar surface area (TPSA) is 138 Å². The molecule has 1 aliphatic rings. The number of ether oxygens (including phenoxy) is 1. The number of aromatic nitrogens is 2. The molecule has 2 N–H and O–H groups in total. The predicted octanol–water partition coefficient (Wildman–Crippen LogP) is 3.15. The first-order valence-corrected chi connectivity index (χ1v) is 11.2. The third kappa shape index (κ3) is 6.27. The van der Waals surface area contributed by atoms with Gasteiger partial charge in [-0.1, -0.05) is 17.7 Å². The molecule has 2 aromatic rings. The van der Waals surface area contributed by atoms with E-state index >= 15 is 0 Å². The highest BCUT2D eigenvalue weighted by molar-refractivity contribution is 6.32. The number of nitriles is 1. The van der Waals surface area contributed by atoms with Crippen molar-refractivity contribution in [2.45, 2.75) is 51.8 Å². The molecule has 0 radical (unpaired) electrons. The second-order valence-corrected chi connectivity index (χ2v) is 9.45. The van der Waals surface area contributed by atoms with E-state index in [0.717, 1.165) is 10.6 Å². The number of carboxylic acid groups (broad SMARTS) is 1. The Bertz CT molecular complexity index is 1240. The molecule has 1 saturated heterocycles. The molecule has 35 heavy (non-hydrogen) atoms. The summed E-state index contributed by atoms with van der Waals surface area (Å²) in [6.45, 7) is 5.34. The number of alkyl carbamates (subject to hydrolysis) is 1. The summed E-state index contributed by atoms with van der Waals surface area (Å²) in [6, 6.07) is 5.25. The van der Waals surface area contributed by atoms with Crippen LogP contribution in [0.25, 0.3) is 11.3 Å². The summed E-state index contributed by atoms with van der Waals surface area (Å²) in [4.78, 5) is 42.7. The van der Waals surface area contributed by atoms with Crippen LogP contribution in [0, 0.1) is 17.1 Å². The highest BCUT2D eigenvalue weighted by Gasteiger charge is 2.28. The minimum absolute atomic E-state index is 0.0225. The van der Waals surface area contributed by atoms with Gasteiger partial charge in [0.2, 0.25) is 5.95 Å². The lowest BCUT2D eigenvalue weighted by atomic mass is 10.1. The quantitative estimate of drug-likeness (QED) is 0.632. The summed E-state index contributed by atoms with van der Waals surface area (Å²) in [7, 11) is 0. The summed E-state index contributed by atoms with van der Waals surface area (Å²) in [5.74, 6) is -1.99. The number of benzene rings is 1. The van der Waals surface area contributed by atoms with Crippen LogP contribution in [0.5, 0.6) is 0 Å². The monoisotopic (exact) mass is 505 g/mol. The Morgan fingerprint density at radius 3 is 2.54 bits per heavy atom. The molecule has 0 atom stereocenters. The van der Waals surface area contributed by atoms with E-state index in [1.807, 2.05) is 0 Å². The van der Waals surface area contributed by atoms with Crippen molar-refractivity contribution in [2.75, 3.05) is 18.0 Å². The highest BCUT2D eigenvalue weighted by atomic mass is 35.5. The van der Waals surface area contributed by atoms with Crippen molar-refractivity contribution in [1.82, 2.24) is 14.9 Å². The van der Waals surface area contributed by atoms with Crippen LogP contribution in [0.3, 0.4) is 0 Å². The van der Waals surface area contributed by atoms with Gasteiger partial charge in [-0.15, -0.1) is 0 Å². The number of nitrogens with one attached hydrogen (secondary N) is 1. The van der Waals surface area contributed by atoms with Crippen LogP contribution in [0.15, 0.2) is 23.0 Å². The van der Waals surface area contributed by atoms with Gasteiger partial charge in [0.25, 0.3) is 5.56 Å². The molecule has 12 heteroatoms. The first-order valence-electron chi connectivity index (χ1n) is 10.9. The zero-order valence-electron chi connectivity index (χ0n) is 19.5. The lowest BCUT2D eigenvalue weighted by Gasteiger charge is -2.34. The summed E-state index contributed by atoms with van der Waals surface area (Å²) < 4.78 is 20.5. The van der Waals surface area contributed by atoms with Gasteiger partial charge in [-0.2, -0.15) is 5.26 Å². The Hall–Kier alpha value is -3.65. The molecular weight excluding hydrogens is 481 g/mol. The van der Waals surface area contributed by atoms with Crippen LogP contribution < -0.4 is 15.8 Å². The lowest BCUT2D eigenvalue weighted by molar-refractivity contribution is -0.137. The van der Waals surface area contributed by atoms with E-state index < -0.39 is 35.6 Å². The number of anilines is 1. The largest absolute Gasteiger partial charge is 0.480 e. The second kappa shape index (κ2) is 10.3. The number of rotatable bonds is 5. The standard InChI is InChI=1S/C23H25ClFN5O5/c1-23(2,3)35-22(34)27-15-6-8-29(9-7-15)21-28-19(13-4-5-14(11-26)16(25)10-13)18(24)20(33)30(21)12-17(31)32/h4-5,10,15H,6-9,12H2,1-3H3,(H,27,34)(H,31,32). The maximum Gasteiger partial charge on any atom is 0.407 e. The van der Waals surface area contributed by atoms with Crippen molar-refractivity contribution in [1.29, 1.82) is 5.26 Å². The van der Waals surface area contributed by atoms with E-state index in [2.05, 4.69) is 10.3 Å². The van der Waals surface area contributed by atoms with Gasteiger partial charge in [-0.3, -0.25) is 14.2 Å². The lowest BCUT2D eigenvalue weighted by Crippen LogP contribution is -2.47. The fraction of sp³-hybridized carbons (Fsp3) is 0.435. The van der Waals surface area contributed by atoms with E-state index in [-0.39, 0.29) is 33.8 Å². The number of hydrogen-bond acceptors (Lipinski definition) is 7. The number of carboxylic acids is 1. The van der Waals surface area contributed by atoms with Crippen molar-refractivity contribution < 1.29 is 23.8 Å². The van der Waals surface area contributed by atoms with Crippen molar-refractivity contribution in [2.24, 2.45) is 0 Å². The molecule has 0 saturated carbocycles. The molecule has 2 heterocycles. The van der Waals surface area contributed by atoms with Gasteiger partial charge < -0.3 is 20.1 Å². The van der Waals surface area contributed by atoms with Gasteiger partial charge in [0.15, 0.2) is 0 Å². The first-order chi connectivity index (χ1) is 16.4. The van der Waals surface area contributed by atoms with Crippen LogP contribution in [0.2, 0.25) is 5.02 Å². The van der Waals surface area contributed by atoms with Crippen LogP contribution in [-0.4, -0.2) is 51.5 Å². The molecule has 3 rings (SSSR count). The highest BCUT2D eigenvalue weighted by Crippen LogP contribution is 2.28.